The van der Waals surface area contributed by atoms with Crippen molar-refractivity contribution in [2.75, 3.05) is 0 Å². The Kier molecular flexibility index (Phi) is 4.59. The van der Waals surface area contributed by atoms with Gasteiger partial charge in [0.1, 0.15) is 0 Å². The van der Waals surface area contributed by atoms with Crippen LogP contribution >= 0.6 is 31.9 Å². The van der Waals surface area contributed by atoms with E-state index in [0.717, 1.165) is 6.07 Å². The molecule has 17 heavy (non-hydrogen) atoms. The molecule has 1 rings (SSSR count). The second kappa shape index (κ2) is 5.38. The number of rotatable bonds is 3. The zero-order valence-electron chi connectivity index (χ0n) is 7.69. The Balaban J connectivity index is 3.15. The summed E-state index contributed by atoms with van der Waals surface area (Å²) in [6.07, 6.45) is -4.99. The zero-order chi connectivity index (χ0) is 13.2. The highest BCUT2D eigenvalue weighted by atomic mass is 79.9. The predicted octanol–water partition coefficient (Wildman–Crippen LogP) is 4.71. The summed E-state index contributed by atoms with van der Waals surface area (Å²) in [4.78, 5) is 0. The molecule has 2 nitrogen and oxygen atoms in total. The van der Waals surface area contributed by atoms with E-state index in [2.05, 4.69) is 41.3 Å². The number of hydrogen-bond donors (Lipinski definition) is 0. The second-order valence-electron chi connectivity index (χ2n) is 2.61. The third-order valence-corrected chi connectivity index (χ3v) is 3.43. The smallest absolute Gasteiger partial charge is 0.430 e. The predicted molar refractivity (Wildman–Crippen MR) is 55.2 cm³/mol. The van der Waals surface area contributed by atoms with Gasteiger partial charge in [-0.3, -0.25) is 0 Å². The molecule has 0 aromatic heterocycles. The summed E-state index contributed by atoms with van der Waals surface area (Å²) >= 11 is 5.76. The number of halogens is 7. The molecular formula is C8H3Br2F5O2. The Morgan fingerprint density at radius 1 is 1.12 bits per heavy atom. The van der Waals surface area contributed by atoms with Gasteiger partial charge < -0.3 is 9.47 Å². The van der Waals surface area contributed by atoms with E-state index in [4.69, 9.17) is 0 Å². The molecule has 0 N–H and O–H groups in total. The largest absolute Gasteiger partial charge is 0.573 e. The van der Waals surface area contributed by atoms with Gasteiger partial charge in [0, 0.05) is 4.47 Å². The first-order valence-electron chi connectivity index (χ1n) is 3.89. The van der Waals surface area contributed by atoms with Crippen LogP contribution in [0.15, 0.2) is 21.1 Å². The van der Waals surface area contributed by atoms with Crippen LogP contribution in [0.2, 0.25) is 0 Å². The third kappa shape index (κ3) is 4.30. The van der Waals surface area contributed by atoms with Crippen LogP contribution in [0.3, 0.4) is 0 Å². The summed E-state index contributed by atoms with van der Waals surface area (Å²) in [7, 11) is 0. The van der Waals surface area contributed by atoms with Crippen molar-refractivity contribution in [1.29, 1.82) is 0 Å². The normalized spacial score (nSPS) is 11.8. The highest BCUT2D eigenvalue weighted by molar-refractivity contribution is 9.13. The highest BCUT2D eigenvalue weighted by Gasteiger charge is 2.33. The molecule has 0 aliphatic carbocycles. The molecule has 0 saturated carbocycles. The van der Waals surface area contributed by atoms with E-state index < -0.39 is 24.5 Å². The third-order valence-electron chi connectivity index (χ3n) is 1.45. The molecule has 0 spiro atoms. The lowest BCUT2D eigenvalue weighted by Gasteiger charge is -2.15. The Morgan fingerprint density at radius 3 is 2.18 bits per heavy atom. The zero-order valence-corrected chi connectivity index (χ0v) is 10.9. The lowest BCUT2D eigenvalue weighted by Crippen LogP contribution is -2.18. The summed E-state index contributed by atoms with van der Waals surface area (Å²) in [6, 6.07) is 2.06. The van der Waals surface area contributed by atoms with Crippen LogP contribution in [-0.4, -0.2) is 13.0 Å². The maximum absolute atomic E-state index is 12.0. The molecule has 0 amide bonds. The molecular weight excluding hydrogens is 383 g/mol. The Hall–Kier alpha value is -0.570. The fraction of sp³-hybridized carbons (Fsp3) is 0.250. The molecule has 96 valence electrons. The van der Waals surface area contributed by atoms with Crippen molar-refractivity contribution in [2.45, 2.75) is 13.0 Å². The van der Waals surface area contributed by atoms with Gasteiger partial charge in [-0.1, -0.05) is 0 Å². The van der Waals surface area contributed by atoms with Gasteiger partial charge in [0.25, 0.3) is 0 Å². The quantitative estimate of drug-likeness (QED) is 0.701. The molecule has 0 saturated heterocycles. The molecule has 0 heterocycles. The summed E-state index contributed by atoms with van der Waals surface area (Å²) in [6.45, 7) is -3.27. The number of ether oxygens (including phenoxy) is 2. The molecule has 9 heteroatoms. The fourth-order valence-corrected chi connectivity index (χ4v) is 1.65. The molecule has 0 fully saturated rings. The van der Waals surface area contributed by atoms with Crippen LogP contribution < -0.4 is 9.47 Å². The fourth-order valence-electron chi connectivity index (χ4n) is 0.918. The van der Waals surface area contributed by atoms with Crippen molar-refractivity contribution in [3.05, 3.63) is 21.1 Å². The molecule has 0 bridgehead atoms. The summed E-state index contributed by atoms with van der Waals surface area (Å²) in [5, 5.41) is 0. The van der Waals surface area contributed by atoms with Crippen LogP contribution in [0.4, 0.5) is 22.0 Å². The van der Waals surface area contributed by atoms with Crippen molar-refractivity contribution >= 4 is 31.9 Å². The van der Waals surface area contributed by atoms with Crippen molar-refractivity contribution in [3.8, 4) is 11.5 Å². The van der Waals surface area contributed by atoms with E-state index in [9.17, 15) is 22.0 Å². The van der Waals surface area contributed by atoms with Crippen LogP contribution in [0.25, 0.3) is 0 Å². The maximum atomic E-state index is 12.0. The average Bonchev–Trinajstić information content (AvgIpc) is 2.15. The van der Waals surface area contributed by atoms with Crippen molar-refractivity contribution in [1.82, 2.24) is 0 Å². The minimum atomic E-state index is -4.99. The summed E-state index contributed by atoms with van der Waals surface area (Å²) in [5.41, 5.74) is 0. The molecule has 0 aliphatic rings. The number of alkyl halides is 5. The van der Waals surface area contributed by atoms with Crippen LogP contribution in [0.5, 0.6) is 11.5 Å². The summed E-state index contributed by atoms with van der Waals surface area (Å²) in [5.74, 6) is -1.58. The second-order valence-corrected chi connectivity index (χ2v) is 4.26. The lowest BCUT2D eigenvalue weighted by atomic mass is 10.3. The Bertz CT molecular complexity index is 408. The van der Waals surface area contributed by atoms with E-state index in [1.165, 1.54) is 6.07 Å². The maximum Gasteiger partial charge on any atom is 0.573 e. The van der Waals surface area contributed by atoms with Gasteiger partial charge >= 0.3 is 13.0 Å². The molecule has 0 unspecified atom stereocenters. The number of benzene rings is 1. The first-order valence-corrected chi connectivity index (χ1v) is 5.48. The van der Waals surface area contributed by atoms with Gasteiger partial charge in [0.2, 0.25) is 0 Å². The number of hydrogen-bond acceptors (Lipinski definition) is 2. The minimum Gasteiger partial charge on any atom is -0.430 e. The minimum absolute atomic E-state index is 0.0976. The van der Waals surface area contributed by atoms with Gasteiger partial charge in [0.05, 0.1) is 4.47 Å². The van der Waals surface area contributed by atoms with Crippen LogP contribution in [0.1, 0.15) is 0 Å². The first kappa shape index (κ1) is 14.5. The Morgan fingerprint density at radius 2 is 1.71 bits per heavy atom. The van der Waals surface area contributed by atoms with E-state index in [0.29, 0.717) is 0 Å². The standard InChI is InChI=1S/C8H3Br2F5O2/c9-3-1-2-4(17-8(13,14)15)6(5(3)10)16-7(11)12/h1-2,7H. The molecule has 0 atom stereocenters. The molecule has 1 aromatic carbocycles. The lowest BCUT2D eigenvalue weighted by molar-refractivity contribution is -0.275. The van der Waals surface area contributed by atoms with E-state index in [1.54, 1.807) is 0 Å². The van der Waals surface area contributed by atoms with E-state index in [-0.39, 0.29) is 8.95 Å². The Labute approximate surface area is 109 Å². The first-order chi connectivity index (χ1) is 7.70. The van der Waals surface area contributed by atoms with E-state index in [1.807, 2.05) is 0 Å². The SMILES string of the molecule is FC(F)Oc1c(OC(F)(F)F)ccc(Br)c1Br. The average molecular weight is 386 g/mol. The molecule has 0 aliphatic heterocycles. The topological polar surface area (TPSA) is 18.5 Å². The summed E-state index contributed by atoms with van der Waals surface area (Å²) < 4.78 is 67.8. The van der Waals surface area contributed by atoms with Gasteiger partial charge in [0.15, 0.2) is 11.5 Å². The van der Waals surface area contributed by atoms with Crippen molar-refractivity contribution in [3.63, 3.8) is 0 Å². The van der Waals surface area contributed by atoms with Gasteiger partial charge in [-0.25, -0.2) is 0 Å². The van der Waals surface area contributed by atoms with E-state index >= 15 is 0 Å². The molecule has 0 radical (unpaired) electrons. The highest BCUT2D eigenvalue weighted by Crippen LogP contribution is 2.42. The molecule has 1 aromatic rings. The monoisotopic (exact) mass is 384 g/mol. The van der Waals surface area contributed by atoms with Crippen LogP contribution in [-0.2, 0) is 0 Å². The van der Waals surface area contributed by atoms with Gasteiger partial charge in [-0.15, -0.1) is 13.2 Å². The van der Waals surface area contributed by atoms with Gasteiger partial charge in [-0.2, -0.15) is 8.78 Å². The van der Waals surface area contributed by atoms with Crippen LogP contribution in [0, 0.1) is 0 Å². The van der Waals surface area contributed by atoms with Crippen molar-refractivity contribution < 1.29 is 31.4 Å². The van der Waals surface area contributed by atoms with Crippen molar-refractivity contribution in [2.24, 2.45) is 0 Å². The van der Waals surface area contributed by atoms with Gasteiger partial charge in [-0.05, 0) is 44.0 Å².